The third-order valence-electron chi connectivity index (χ3n) is 2.21. The summed E-state index contributed by atoms with van der Waals surface area (Å²) in [6, 6.07) is 5.55. The fraction of sp³-hybridized carbons (Fsp3) is 0.333. The highest BCUT2D eigenvalue weighted by Gasteiger charge is 2.27. The van der Waals surface area contributed by atoms with Crippen molar-refractivity contribution in [2.45, 2.75) is 0 Å². The van der Waals surface area contributed by atoms with Crippen LogP contribution in [0.15, 0.2) is 24.3 Å². The van der Waals surface area contributed by atoms with E-state index in [0.29, 0.717) is 9.02 Å². The average molecular weight is 378 g/mol. The molecule has 0 N–H and O–H groups in total. The monoisotopic (exact) mass is 377 g/mol. The molecule has 0 bridgehead atoms. The molecular weight excluding hydrogens is 365 g/mol. The highest BCUT2D eigenvalue weighted by Crippen LogP contribution is 2.50. The highest BCUT2D eigenvalue weighted by molar-refractivity contribution is 8.28. The van der Waals surface area contributed by atoms with Gasteiger partial charge in [-0.1, -0.05) is 11.2 Å². The summed E-state index contributed by atoms with van der Waals surface area (Å²) in [5, 5.41) is 0.502. The Morgan fingerprint density at radius 1 is 1.10 bits per heavy atom. The molecule has 0 aliphatic rings. The standard InChI is InChI=1S/C9H13ClNO5PS3/c1-16-17(10,18)9-6-4-8(5-7-9)11(19(2,12)13)20(3,14)15/h4-7H,1-3H3. The van der Waals surface area contributed by atoms with Crippen molar-refractivity contribution in [2.24, 2.45) is 0 Å². The van der Waals surface area contributed by atoms with Gasteiger partial charge in [-0.05, 0) is 36.1 Å². The maximum absolute atomic E-state index is 11.6. The number of nitrogens with zero attached hydrogens (tertiary/aromatic N) is 1. The van der Waals surface area contributed by atoms with Crippen LogP contribution in [-0.4, -0.2) is 36.5 Å². The Bertz CT molecular complexity index is 712. The lowest BCUT2D eigenvalue weighted by atomic mass is 10.3. The van der Waals surface area contributed by atoms with Gasteiger partial charge in [0.1, 0.15) is 0 Å². The zero-order chi connectivity index (χ0) is 15.8. The molecule has 114 valence electrons. The number of sulfonamides is 2. The van der Waals surface area contributed by atoms with Gasteiger partial charge in [0.25, 0.3) is 0 Å². The van der Waals surface area contributed by atoms with Crippen LogP contribution in [0.5, 0.6) is 0 Å². The summed E-state index contributed by atoms with van der Waals surface area (Å²) in [5.41, 5.74) is -2.68. The van der Waals surface area contributed by atoms with Crippen molar-refractivity contribution < 1.29 is 21.4 Å². The Hall–Kier alpha value is -0.180. The third kappa shape index (κ3) is 4.16. The van der Waals surface area contributed by atoms with Crippen LogP contribution in [0.1, 0.15) is 0 Å². The van der Waals surface area contributed by atoms with Crippen molar-refractivity contribution >= 4 is 59.7 Å². The summed E-state index contributed by atoms with van der Waals surface area (Å²) in [7, 11) is -6.55. The second kappa shape index (κ2) is 5.90. The molecule has 11 heteroatoms. The van der Waals surface area contributed by atoms with Crippen molar-refractivity contribution in [3.8, 4) is 0 Å². The molecule has 1 unspecified atom stereocenters. The lowest BCUT2D eigenvalue weighted by Gasteiger charge is -2.20. The predicted molar refractivity (Wildman–Crippen MR) is 85.4 cm³/mol. The predicted octanol–water partition coefficient (Wildman–Crippen LogP) is 1.23. The first-order valence-electron chi connectivity index (χ1n) is 5.06. The van der Waals surface area contributed by atoms with Gasteiger partial charge < -0.3 is 4.52 Å². The minimum atomic E-state index is -3.97. The first kappa shape index (κ1) is 17.9. The molecule has 0 amide bonds. The van der Waals surface area contributed by atoms with E-state index >= 15 is 0 Å². The molecule has 0 saturated carbocycles. The maximum Gasteiger partial charge on any atom is 0.245 e. The molecule has 0 aliphatic carbocycles. The van der Waals surface area contributed by atoms with Gasteiger partial charge in [-0.3, -0.25) is 0 Å². The van der Waals surface area contributed by atoms with Crippen molar-refractivity contribution in [2.75, 3.05) is 23.3 Å². The number of anilines is 1. The smallest absolute Gasteiger partial charge is 0.245 e. The zero-order valence-corrected chi connectivity index (χ0v) is 14.9. The minimum Gasteiger partial charge on any atom is -0.338 e. The molecule has 1 aromatic carbocycles. The van der Waals surface area contributed by atoms with Gasteiger partial charge >= 0.3 is 0 Å². The number of hydrogen-bond donors (Lipinski definition) is 0. The van der Waals surface area contributed by atoms with Crippen LogP contribution in [0, 0.1) is 0 Å². The van der Waals surface area contributed by atoms with E-state index < -0.39 is 25.7 Å². The van der Waals surface area contributed by atoms with Gasteiger partial charge in [0.15, 0.2) is 5.62 Å². The molecule has 6 nitrogen and oxygen atoms in total. The van der Waals surface area contributed by atoms with Gasteiger partial charge in [0.05, 0.1) is 18.2 Å². The second-order valence-electron chi connectivity index (χ2n) is 3.90. The van der Waals surface area contributed by atoms with E-state index in [9.17, 15) is 16.8 Å². The van der Waals surface area contributed by atoms with Crippen LogP contribution >= 0.6 is 16.9 Å². The number of rotatable bonds is 5. The van der Waals surface area contributed by atoms with Gasteiger partial charge in [0, 0.05) is 12.4 Å². The van der Waals surface area contributed by atoms with E-state index in [2.05, 4.69) is 0 Å². The van der Waals surface area contributed by atoms with Gasteiger partial charge in [-0.15, -0.1) is 0 Å². The molecule has 0 spiro atoms. The van der Waals surface area contributed by atoms with Crippen LogP contribution in [-0.2, 0) is 36.4 Å². The molecule has 1 rings (SSSR count). The van der Waals surface area contributed by atoms with E-state index in [1.807, 2.05) is 0 Å². The number of benzene rings is 1. The van der Waals surface area contributed by atoms with Crippen molar-refractivity contribution in [3.63, 3.8) is 0 Å². The SMILES string of the molecule is COP(=S)(Cl)c1ccc(N(S(C)(=O)=O)S(C)(=O)=O)cc1. The molecule has 0 radical (unpaired) electrons. The Labute approximate surface area is 128 Å². The Kier molecular flexibility index (Phi) is 5.27. The molecule has 0 aliphatic heterocycles. The van der Waals surface area contributed by atoms with Crippen molar-refractivity contribution in [1.82, 2.24) is 0 Å². The average Bonchev–Trinajstić information content (AvgIpc) is 2.26. The van der Waals surface area contributed by atoms with Crippen LogP contribution < -0.4 is 9.02 Å². The number of hydrogen-bond acceptors (Lipinski definition) is 6. The molecule has 0 saturated heterocycles. The highest BCUT2D eigenvalue weighted by atomic mass is 35.7. The topological polar surface area (TPSA) is 80.8 Å². The molecule has 0 fully saturated rings. The van der Waals surface area contributed by atoms with Gasteiger partial charge in [0.2, 0.25) is 20.0 Å². The Morgan fingerprint density at radius 2 is 1.50 bits per heavy atom. The largest absolute Gasteiger partial charge is 0.338 e. The summed E-state index contributed by atoms with van der Waals surface area (Å²) in [6.07, 6.45) is 1.62. The molecular formula is C9H13ClNO5PS3. The molecule has 1 atom stereocenters. The van der Waals surface area contributed by atoms with Crippen LogP contribution in [0.25, 0.3) is 0 Å². The summed E-state index contributed by atoms with van der Waals surface area (Å²) >= 11 is 11.1. The van der Waals surface area contributed by atoms with Gasteiger partial charge in [-0.25, -0.2) is 16.8 Å². The van der Waals surface area contributed by atoms with E-state index in [-0.39, 0.29) is 5.69 Å². The fourth-order valence-corrected chi connectivity index (χ4v) is 5.88. The summed E-state index contributed by atoms with van der Waals surface area (Å²) in [4.78, 5) is 0. The molecule has 20 heavy (non-hydrogen) atoms. The first-order chi connectivity index (χ1) is 8.89. The van der Waals surface area contributed by atoms with E-state index in [0.717, 1.165) is 12.5 Å². The summed E-state index contributed by atoms with van der Waals surface area (Å²) in [6.45, 7) is 0. The molecule has 0 aromatic heterocycles. The first-order valence-corrected chi connectivity index (χ1v) is 12.4. The quantitative estimate of drug-likeness (QED) is 0.718. The van der Waals surface area contributed by atoms with Gasteiger partial charge in [-0.2, -0.15) is 3.71 Å². The normalized spacial score (nSPS) is 15.6. The zero-order valence-electron chi connectivity index (χ0n) is 10.8. The van der Waals surface area contributed by atoms with Crippen LogP contribution in [0.3, 0.4) is 0 Å². The van der Waals surface area contributed by atoms with Crippen molar-refractivity contribution in [1.29, 1.82) is 0 Å². The van der Waals surface area contributed by atoms with E-state index in [4.69, 9.17) is 27.6 Å². The summed E-state index contributed by atoms with van der Waals surface area (Å²) < 4.78 is 51.7. The maximum atomic E-state index is 11.6. The Morgan fingerprint density at radius 3 is 1.80 bits per heavy atom. The second-order valence-corrected chi connectivity index (χ2v) is 13.2. The lowest BCUT2D eigenvalue weighted by molar-refractivity contribution is 0.475. The van der Waals surface area contributed by atoms with Crippen LogP contribution in [0.4, 0.5) is 5.69 Å². The van der Waals surface area contributed by atoms with Crippen LogP contribution in [0.2, 0.25) is 0 Å². The fourth-order valence-electron chi connectivity index (χ4n) is 1.49. The lowest BCUT2D eigenvalue weighted by Crippen LogP contribution is -2.35. The van der Waals surface area contributed by atoms with E-state index in [1.54, 1.807) is 0 Å². The summed E-state index contributed by atoms with van der Waals surface area (Å²) in [5.74, 6) is 0. The minimum absolute atomic E-state index is 0.0125. The number of halogens is 1. The van der Waals surface area contributed by atoms with E-state index in [1.165, 1.54) is 31.4 Å². The third-order valence-corrected chi connectivity index (χ3v) is 8.92. The molecule has 0 heterocycles. The Balaban J connectivity index is 3.38. The molecule has 1 aromatic rings. The van der Waals surface area contributed by atoms with Crippen molar-refractivity contribution in [3.05, 3.63) is 24.3 Å².